The maximum Gasteiger partial charge on any atom is 0.442 e. The average molecular weight is 861 g/mol. The smallest absolute Gasteiger partial charge is 0.421 e. The third kappa shape index (κ3) is 11.2. The van der Waals surface area contributed by atoms with Crippen molar-refractivity contribution in [2.45, 2.75) is 135 Å². The summed E-state index contributed by atoms with van der Waals surface area (Å²) in [6.45, 7) is 20.4. The van der Waals surface area contributed by atoms with Gasteiger partial charge in [0.15, 0.2) is 5.78 Å². The van der Waals surface area contributed by atoms with Crippen LogP contribution in [0.1, 0.15) is 127 Å². The van der Waals surface area contributed by atoms with Gasteiger partial charge in [0.25, 0.3) is 0 Å². The van der Waals surface area contributed by atoms with Gasteiger partial charge in [0.1, 0.15) is 5.75 Å². The number of benzene rings is 4. The molecular weight excluding hydrogens is 802 g/mol. The van der Waals surface area contributed by atoms with Crippen LogP contribution in [-0.2, 0) is 52.9 Å². The maximum atomic E-state index is 16.5. The maximum absolute atomic E-state index is 16.5. The van der Waals surface area contributed by atoms with Crippen LogP contribution in [-0.4, -0.2) is 28.0 Å². The SMILES string of the molecule is CC(C)(C)OP(=O)(OC(C)(C)C)C(F)(F)c1ccc(CC(Cc2ccc(OP(=O)(O)C(F)F)c(C(C)(C)C)c2C(C)(C)C)(C(=O)c2ccccc2)c2ccccc2)cc1. The number of carbonyl (C=O) groups is 1. The fraction of sp³-hybridized carbons (Fsp3) is 0.457. The minimum absolute atomic E-state index is 0.00907. The summed E-state index contributed by atoms with van der Waals surface area (Å²) in [5, 5.41) is 0. The lowest BCUT2D eigenvalue weighted by atomic mass is 9.64. The molecule has 0 fully saturated rings. The van der Waals surface area contributed by atoms with Crippen LogP contribution in [0.2, 0.25) is 0 Å². The van der Waals surface area contributed by atoms with Crippen LogP contribution in [0.15, 0.2) is 97.1 Å². The molecule has 13 heteroatoms. The summed E-state index contributed by atoms with van der Waals surface area (Å²) in [4.78, 5) is 25.5. The van der Waals surface area contributed by atoms with E-state index in [1.807, 2.05) is 59.7 Å². The molecule has 0 bridgehead atoms. The minimum Gasteiger partial charge on any atom is -0.421 e. The molecule has 2 atom stereocenters. The van der Waals surface area contributed by atoms with Crippen LogP contribution in [0.5, 0.6) is 5.75 Å². The number of Topliss-reactive ketones (excluding diaryl/α,β-unsaturated/α-hetero) is 1. The molecule has 0 aliphatic heterocycles. The van der Waals surface area contributed by atoms with E-state index in [2.05, 4.69) is 0 Å². The van der Waals surface area contributed by atoms with Crippen LogP contribution in [0, 0.1) is 0 Å². The summed E-state index contributed by atoms with van der Waals surface area (Å²) in [7, 11) is -10.5. The predicted octanol–water partition coefficient (Wildman–Crippen LogP) is 13.5. The van der Waals surface area contributed by atoms with Gasteiger partial charge in [-0.15, -0.1) is 0 Å². The van der Waals surface area contributed by atoms with E-state index in [-0.39, 0.29) is 24.4 Å². The Kier molecular flexibility index (Phi) is 13.9. The first kappa shape index (κ1) is 48.1. The molecule has 1 N–H and O–H groups in total. The fourth-order valence-electron chi connectivity index (χ4n) is 7.32. The second-order valence-corrected chi connectivity index (χ2v) is 22.7. The zero-order valence-corrected chi connectivity index (χ0v) is 37.8. The number of ketones is 1. The van der Waals surface area contributed by atoms with E-state index in [0.29, 0.717) is 33.4 Å². The van der Waals surface area contributed by atoms with Crippen LogP contribution in [0.3, 0.4) is 0 Å². The molecule has 0 saturated heterocycles. The van der Waals surface area contributed by atoms with E-state index >= 15 is 13.6 Å². The lowest BCUT2D eigenvalue weighted by molar-refractivity contribution is -0.0213. The molecule has 7 nitrogen and oxygen atoms in total. The van der Waals surface area contributed by atoms with Gasteiger partial charge in [-0.1, -0.05) is 133 Å². The van der Waals surface area contributed by atoms with Crippen LogP contribution in [0.25, 0.3) is 0 Å². The summed E-state index contributed by atoms with van der Waals surface area (Å²) in [6, 6.07) is 26.1. The molecule has 0 aliphatic carbocycles. The molecule has 322 valence electrons. The fourth-order valence-corrected chi connectivity index (χ4v) is 10.0. The van der Waals surface area contributed by atoms with Crippen LogP contribution < -0.4 is 4.52 Å². The summed E-state index contributed by atoms with van der Waals surface area (Å²) < 4.78 is 103. The zero-order chi connectivity index (χ0) is 44.6. The molecule has 0 spiro atoms. The largest absolute Gasteiger partial charge is 0.442 e. The van der Waals surface area contributed by atoms with E-state index in [1.54, 1.807) is 48.5 Å². The standard InChI is InChI=1S/C46H58F4O7P2/c1-41(2,3)37-33(25-28-36(38(37)42(4,5)6)55-58(52,53)40(47)48)30-45(34-21-17-14-18-22-34,39(51)32-19-15-13-16-20-32)29-31-23-26-35(27-24-31)46(49,50)59(54,56-43(7,8)9)57-44(10,11)12/h13-28,40H,29-30H2,1-12H3,(H,52,53). The van der Waals surface area contributed by atoms with Gasteiger partial charge in [0.2, 0.25) is 0 Å². The Balaban J connectivity index is 2.01. The highest BCUT2D eigenvalue weighted by atomic mass is 31.2. The second-order valence-electron chi connectivity index (χ2n) is 19.0. The topological polar surface area (TPSA) is 99.1 Å². The highest BCUT2D eigenvalue weighted by Crippen LogP contribution is 2.70. The van der Waals surface area contributed by atoms with E-state index in [1.165, 1.54) is 71.9 Å². The quantitative estimate of drug-likeness (QED) is 0.0766. The normalized spacial score (nSPS) is 15.4. The molecule has 0 saturated carbocycles. The lowest BCUT2D eigenvalue weighted by Crippen LogP contribution is -2.41. The van der Waals surface area contributed by atoms with Crippen LogP contribution in [0.4, 0.5) is 17.6 Å². The molecule has 4 rings (SSSR count). The Morgan fingerprint density at radius 1 is 0.627 bits per heavy atom. The van der Waals surface area contributed by atoms with E-state index in [0.717, 1.165) is 0 Å². The second kappa shape index (κ2) is 17.1. The summed E-state index contributed by atoms with van der Waals surface area (Å²) >= 11 is 0. The molecule has 0 radical (unpaired) electrons. The third-order valence-corrected chi connectivity index (χ3v) is 12.9. The van der Waals surface area contributed by atoms with Gasteiger partial charge in [-0.2, -0.15) is 17.6 Å². The molecule has 4 aromatic rings. The Labute approximate surface area is 347 Å². The van der Waals surface area contributed by atoms with Gasteiger partial charge in [0.05, 0.1) is 16.6 Å². The molecule has 0 heterocycles. The Morgan fingerprint density at radius 2 is 1.10 bits per heavy atom. The van der Waals surface area contributed by atoms with Gasteiger partial charge in [-0.25, -0.2) is 4.57 Å². The molecular formula is C46H58F4O7P2. The highest BCUT2D eigenvalue weighted by molar-refractivity contribution is 7.54. The van der Waals surface area contributed by atoms with Gasteiger partial charge in [0, 0.05) is 16.7 Å². The average Bonchev–Trinajstić information content (AvgIpc) is 3.09. The van der Waals surface area contributed by atoms with Crippen LogP contribution >= 0.6 is 15.2 Å². The van der Waals surface area contributed by atoms with E-state index < -0.39 is 60.0 Å². The zero-order valence-electron chi connectivity index (χ0n) is 36.0. The minimum atomic E-state index is -5.38. The van der Waals surface area contributed by atoms with Crippen molar-refractivity contribution in [3.05, 3.63) is 136 Å². The number of rotatable bonds is 14. The lowest BCUT2D eigenvalue weighted by Gasteiger charge is -2.39. The van der Waals surface area contributed by atoms with Crippen molar-refractivity contribution >= 4 is 21.0 Å². The number of alkyl halides is 4. The Bertz CT molecular complexity index is 2160. The first-order valence-electron chi connectivity index (χ1n) is 19.4. The first-order valence-corrected chi connectivity index (χ1v) is 22.6. The Morgan fingerprint density at radius 3 is 1.54 bits per heavy atom. The van der Waals surface area contributed by atoms with Crippen molar-refractivity contribution in [3.8, 4) is 5.75 Å². The summed E-state index contributed by atoms with van der Waals surface area (Å²) in [5.41, 5.74) is -6.80. The molecule has 59 heavy (non-hydrogen) atoms. The molecule has 0 aliphatic rings. The number of hydrogen-bond donors (Lipinski definition) is 1. The Hall–Kier alpha value is -3.59. The monoisotopic (exact) mass is 860 g/mol. The van der Waals surface area contributed by atoms with Gasteiger partial charge < -0.3 is 9.42 Å². The number of carbonyl (C=O) groups excluding carboxylic acids is 1. The number of halogens is 4. The predicted molar refractivity (Wildman–Crippen MR) is 226 cm³/mol. The highest BCUT2D eigenvalue weighted by Gasteiger charge is 2.58. The molecule has 2 unspecified atom stereocenters. The van der Waals surface area contributed by atoms with Crippen molar-refractivity contribution in [1.29, 1.82) is 0 Å². The molecule has 0 aromatic heterocycles. The molecule has 4 aromatic carbocycles. The number of hydrogen-bond acceptors (Lipinski definition) is 6. The van der Waals surface area contributed by atoms with Gasteiger partial charge >= 0.3 is 27.0 Å². The van der Waals surface area contributed by atoms with Gasteiger partial charge in [-0.3, -0.25) is 18.4 Å². The third-order valence-electron chi connectivity index (χ3n) is 9.46. The molecule has 0 amide bonds. The first-order chi connectivity index (χ1) is 26.8. The summed E-state index contributed by atoms with van der Waals surface area (Å²) in [6.07, 6.45) is -3.59. The van der Waals surface area contributed by atoms with E-state index in [4.69, 9.17) is 13.6 Å². The van der Waals surface area contributed by atoms with Crippen molar-refractivity contribution in [2.75, 3.05) is 0 Å². The van der Waals surface area contributed by atoms with E-state index in [9.17, 15) is 22.8 Å². The van der Waals surface area contributed by atoms with Crippen molar-refractivity contribution < 1.29 is 50.0 Å². The van der Waals surface area contributed by atoms with Gasteiger partial charge in [-0.05, 0) is 93.5 Å². The van der Waals surface area contributed by atoms with Crippen molar-refractivity contribution in [3.63, 3.8) is 0 Å². The summed E-state index contributed by atoms with van der Waals surface area (Å²) in [5.74, 6) is -0.438. The van der Waals surface area contributed by atoms with Crippen molar-refractivity contribution in [1.82, 2.24) is 0 Å². The van der Waals surface area contributed by atoms with Crippen molar-refractivity contribution in [2.24, 2.45) is 0 Å².